The molecule has 1 saturated heterocycles. The maximum absolute atomic E-state index is 12.0. The number of likely N-dealkylation sites (tertiary alicyclic amines) is 1. The van der Waals surface area contributed by atoms with E-state index < -0.39 is 24.3 Å². The van der Waals surface area contributed by atoms with Gasteiger partial charge in [-0.3, -0.25) is 19.3 Å². The van der Waals surface area contributed by atoms with Crippen LogP contribution < -0.4 is 0 Å². The van der Waals surface area contributed by atoms with Crippen LogP contribution >= 0.6 is 0 Å². The molecule has 6 nitrogen and oxygen atoms in total. The zero-order valence-corrected chi connectivity index (χ0v) is 11.1. The van der Waals surface area contributed by atoms with E-state index in [1.807, 2.05) is 6.07 Å². The topological polar surface area (TPSA) is 98.5 Å². The van der Waals surface area contributed by atoms with E-state index in [1.165, 1.54) is 0 Å². The van der Waals surface area contributed by atoms with Gasteiger partial charge in [0.2, 0.25) is 5.91 Å². The number of imide groups is 1. The third-order valence-electron chi connectivity index (χ3n) is 3.06. The molecular formula is C15H12N2O4. The van der Waals surface area contributed by atoms with Crippen LogP contribution in [0.25, 0.3) is 6.08 Å². The summed E-state index contributed by atoms with van der Waals surface area (Å²) in [5, 5.41) is 17.3. The second-order valence-corrected chi connectivity index (χ2v) is 4.60. The van der Waals surface area contributed by atoms with Gasteiger partial charge in [-0.2, -0.15) is 5.26 Å². The third-order valence-corrected chi connectivity index (χ3v) is 3.06. The number of hydrogen-bond donors (Lipinski definition) is 1. The van der Waals surface area contributed by atoms with Crippen molar-refractivity contribution >= 4 is 23.9 Å². The van der Waals surface area contributed by atoms with E-state index in [2.05, 4.69) is 0 Å². The first-order valence-electron chi connectivity index (χ1n) is 6.24. The number of nitriles is 1. The van der Waals surface area contributed by atoms with Crippen molar-refractivity contribution in [3.05, 3.63) is 41.0 Å². The standard InChI is InChI=1S/C15H12N2O4/c16-6-5-10-1-3-11(4-2-10)7-12-8-13(18)17(15(12)21)9-14(19)20/h1-4,7H,5,8-9H2,(H,19,20)/b12-7+. The second kappa shape index (κ2) is 6.01. The van der Waals surface area contributed by atoms with Crippen molar-refractivity contribution in [2.24, 2.45) is 0 Å². The van der Waals surface area contributed by atoms with Crippen molar-refractivity contribution < 1.29 is 19.5 Å². The number of nitrogens with zero attached hydrogens (tertiary/aromatic N) is 2. The monoisotopic (exact) mass is 284 g/mol. The molecule has 6 heteroatoms. The molecule has 1 heterocycles. The fourth-order valence-electron chi connectivity index (χ4n) is 2.05. The SMILES string of the molecule is N#CCc1ccc(/C=C2\CC(=O)N(CC(=O)O)C2=O)cc1. The lowest BCUT2D eigenvalue weighted by Crippen LogP contribution is -2.34. The smallest absolute Gasteiger partial charge is 0.323 e. The zero-order chi connectivity index (χ0) is 15.4. The quantitative estimate of drug-likeness (QED) is 0.656. The van der Waals surface area contributed by atoms with Gasteiger partial charge in [0.15, 0.2) is 0 Å². The largest absolute Gasteiger partial charge is 0.480 e. The van der Waals surface area contributed by atoms with Crippen LogP contribution in [0.3, 0.4) is 0 Å². The molecule has 1 aliphatic rings. The maximum atomic E-state index is 12.0. The second-order valence-electron chi connectivity index (χ2n) is 4.60. The van der Waals surface area contributed by atoms with Crippen LogP contribution in [0.2, 0.25) is 0 Å². The van der Waals surface area contributed by atoms with Gasteiger partial charge in [-0.1, -0.05) is 24.3 Å². The molecule has 0 aromatic heterocycles. The molecule has 21 heavy (non-hydrogen) atoms. The average molecular weight is 284 g/mol. The van der Waals surface area contributed by atoms with Crippen LogP contribution in [0.5, 0.6) is 0 Å². The molecule has 0 radical (unpaired) electrons. The number of benzene rings is 1. The van der Waals surface area contributed by atoms with Gasteiger partial charge in [0.25, 0.3) is 5.91 Å². The van der Waals surface area contributed by atoms with Crippen LogP contribution in [0.1, 0.15) is 17.5 Å². The lowest BCUT2D eigenvalue weighted by Gasteiger charge is -2.09. The average Bonchev–Trinajstić information content (AvgIpc) is 2.69. The third kappa shape index (κ3) is 3.34. The molecule has 1 fully saturated rings. The van der Waals surface area contributed by atoms with Crippen molar-refractivity contribution in [1.82, 2.24) is 4.90 Å². The Balaban J connectivity index is 2.18. The predicted octanol–water partition coefficient (Wildman–Crippen LogP) is 0.980. The summed E-state index contributed by atoms with van der Waals surface area (Å²) in [6, 6.07) is 9.07. The Hall–Kier alpha value is -2.94. The summed E-state index contributed by atoms with van der Waals surface area (Å²) in [6.45, 7) is -0.615. The van der Waals surface area contributed by atoms with Crippen molar-refractivity contribution in [2.75, 3.05) is 6.54 Å². The first-order valence-corrected chi connectivity index (χ1v) is 6.24. The number of carboxylic acids is 1. The summed E-state index contributed by atoms with van der Waals surface area (Å²) >= 11 is 0. The highest BCUT2D eigenvalue weighted by molar-refractivity contribution is 6.16. The Morgan fingerprint density at radius 3 is 2.57 bits per heavy atom. The van der Waals surface area contributed by atoms with E-state index in [0.29, 0.717) is 6.42 Å². The molecule has 1 aliphatic heterocycles. The van der Waals surface area contributed by atoms with Crippen LogP contribution in [0, 0.1) is 11.3 Å². The zero-order valence-electron chi connectivity index (χ0n) is 11.1. The van der Waals surface area contributed by atoms with Gasteiger partial charge >= 0.3 is 5.97 Å². The molecule has 1 N–H and O–H groups in total. The number of carboxylic acid groups (broad SMARTS) is 1. The van der Waals surface area contributed by atoms with E-state index in [4.69, 9.17) is 10.4 Å². The lowest BCUT2D eigenvalue weighted by molar-refractivity contribution is -0.148. The summed E-state index contributed by atoms with van der Waals surface area (Å²) in [5.74, 6) is -2.29. The van der Waals surface area contributed by atoms with Gasteiger partial charge in [-0.15, -0.1) is 0 Å². The normalized spacial score (nSPS) is 16.3. The predicted molar refractivity (Wildman–Crippen MR) is 72.7 cm³/mol. The number of aliphatic carboxylic acids is 1. The minimum Gasteiger partial charge on any atom is -0.480 e. The van der Waals surface area contributed by atoms with Crippen LogP contribution in [-0.2, 0) is 20.8 Å². The van der Waals surface area contributed by atoms with Gasteiger partial charge < -0.3 is 5.11 Å². The first kappa shape index (κ1) is 14.5. The summed E-state index contributed by atoms with van der Waals surface area (Å²) in [5.41, 5.74) is 1.86. The van der Waals surface area contributed by atoms with Crippen LogP contribution in [-0.4, -0.2) is 34.3 Å². The van der Waals surface area contributed by atoms with Crippen molar-refractivity contribution in [1.29, 1.82) is 5.26 Å². The number of carbonyl (C=O) groups excluding carboxylic acids is 2. The van der Waals surface area contributed by atoms with Crippen molar-refractivity contribution in [2.45, 2.75) is 12.8 Å². The number of rotatable bonds is 4. The molecular weight excluding hydrogens is 272 g/mol. The summed E-state index contributed by atoms with van der Waals surface area (Å²) in [4.78, 5) is 34.9. The van der Waals surface area contributed by atoms with E-state index >= 15 is 0 Å². The molecule has 0 bridgehead atoms. The lowest BCUT2D eigenvalue weighted by atomic mass is 10.1. The van der Waals surface area contributed by atoms with Gasteiger partial charge in [0, 0.05) is 5.57 Å². The maximum Gasteiger partial charge on any atom is 0.323 e. The molecule has 0 saturated carbocycles. The van der Waals surface area contributed by atoms with E-state index in [1.54, 1.807) is 30.3 Å². The Labute approximate surface area is 120 Å². The molecule has 2 amide bonds. The molecule has 0 spiro atoms. The van der Waals surface area contributed by atoms with Gasteiger partial charge in [0.05, 0.1) is 18.9 Å². The molecule has 1 aromatic carbocycles. The van der Waals surface area contributed by atoms with Crippen molar-refractivity contribution in [3.8, 4) is 6.07 Å². The van der Waals surface area contributed by atoms with Gasteiger partial charge in [-0.25, -0.2) is 0 Å². The number of amides is 2. The molecule has 0 atom stereocenters. The van der Waals surface area contributed by atoms with E-state index in [-0.39, 0.29) is 12.0 Å². The molecule has 0 unspecified atom stereocenters. The Bertz CT molecular complexity index is 668. The fraction of sp³-hybridized carbons (Fsp3) is 0.200. The fourth-order valence-corrected chi connectivity index (χ4v) is 2.05. The Morgan fingerprint density at radius 1 is 1.33 bits per heavy atom. The highest BCUT2D eigenvalue weighted by Gasteiger charge is 2.34. The summed E-state index contributed by atoms with van der Waals surface area (Å²) in [6.07, 6.45) is 1.78. The van der Waals surface area contributed by atoms with E-state index in [9.17, 15) is 14.4 Å². The van der Waals surface area contributed by atoms with Crippen LogP contribution in [0.4, 0.5) is 0 Å². The van der Waals surface area contributed by atoms with Crippen molar-refractivity contribution in [3.63, 3.8) is 0 Å². The summed E-state index contributed by atoms with van der Waals surface area (Å²) in [7, 11) is 0. The Morgan fingerprint density at radius 2 is 2.00 bits per heavy atom. The molecule has 1 aromatic rings. The minimum atomic E-state index is -1.22. The van der Waals surface area contributed by atoms with Gasteiger partial charge in [-0.05, 0) is 17.2 Å². The Kier molecular flexibility index (Phi) is 4.14. The molecule has 2 rings (SSSR count). The number of hydrogen-bond acceptors (Lipinski definition) is 4. The van der Waals surface area contributed by atoms with Crippen LogP contribution in [0.15, 0.2) is 29.8 Å². The minimum absolute atomic E-state index is 0.0912. The molecule has 106 valence electrons. The highest BCUT2D eigenvalue weighted by Crippen LogP contribution is 2.21. The first-order chi connectivity index (χ1) is 10.0. The summed E-state index contributed by atoms with van der Waals surface area (Å²) < 4.78 is 0. The highest BCUT2D eigenvalue weighted by atomic mass is 16.4. The molecule has 0 aliphatic carbocycles. The number of carbonyl (C=O) groups is 3. The van der Waals surface area contributed by atoms with Gasteiger partial charge in [0.1, 0.15) is 6.54 Å². The van der Waals surface area contributed by atoms with E-state index in [0.717, 1.165) is 16.0 Å².